The fraction of sp³-hybridized carbons (Fsp3) is 0.400. The zero-order valence-corrected chi connectivity index (χ0v) is 25.3. The molecule has 197 valence electrons. The van der Waals surface area contributed by atoms with E-state index in [9.17, 15) is 14.3 Å². The minimum atomic E-state index is -0.417. The molecule has 0 saturated carbocycles. The predicted octanol–water partition coefficient (Wildman–Crippen LogP) is 7.86. The Hall–Kier alpha value is -2.56. The van der Waals surface area contributed by atoms with Gasteiger partial charge in [-0.25, -0.2) is 4.39 Å². The van der Waals surface area contributed by atoms with E-state index in [1.807, 2.05) is 67.5 Å². The molecule has 0 fully saturated rings. The van der Waals surface area contributed by atoms with Gasteiger partial charge >= 0.3 is 0 Å². The van der Waals surface area contributed by atoms with Crippen molar-refractivity contribution in [3.63, 3.8) is 0 Å². The van der Waals surface area contributed by atoms with E-state index in [1.54, 1.807) is 20.1 Å². The summed E-state index contributed by atoms with van der Waals surface area (Å²) in [4.78, 5) is 16.1. The Morgan fingerprint density at radius 2 is 1.61 bits per heavy atom. The molecule has 0 aliphatic rings. The molecule has 2 aromatic carbocycles. The van der Waals surface area contributed by atoms with Crippen molar-refractivity contribution in [1.82, 2.24) is 4.98 Å². The van der Waals surface area contributed by atoms with Crippen molar-refractivity contribution in [1.29, 1.82) is 0 Å². The van der Waals surface area contributed by atoms with Crippen LogP contribution in [0.4, 0.5) is 4.39 Å². The van der Waals surface area contributed by atoms with E-state index in [0.29, 0.717) is 22.5 Å². The number of hydrogen-bond donors (Lipinski definition) is 1. The van der Waals surface area contributed by atoms with Crippen molar-refractivity contribution in [3.8, 4) is 17.0 Å². The van der Waals surface area contributed by atoms with Crippen LogP contribution >= 0.6 is 0 Å². The van der Waals surface area contributed by atoms with Crippen LogP contribution in [0.15, 0.2) is 42.2 Å². The molecule has 0 bridgehead atoms. The molecule has 0 amide bonds. The van der Waals surface area contributed by atoms with Crippen LogP contribution in [0, 0.1) is 43.5 Å². The van der Waals surface area contributed by atoms with Crippen molar-refractivity contribution < 1.29 is 39.1 Å². The van der Waals surface area contributed by atoms with E-state index in [2.05, 4.69) is 17.1 Å². The van der Waals surface area contributed by atoms with Gasteiger partial charge in [-0.15, -0.1) is 34.9 Å². The number of rotatable bonds is 3. The topological polar surface area (TPSA) is 59.4 Å². The maximum absolute atomic E-state index is 13.8. The number of nitrogens with zero attached hydrogens (tertiary/aromatic N) is 1. The van der Waals surface area contributed by atoms with Crippen molar-refractivity contribution in [2.45, 2.75) is 62.3 Å². The molecule has 0 unspecified atom stereocenters. The number of fused-ring (bicyclic) bond motifs is 1. The molecule has 0 aliphatic carbocycles. The minimum Gasteiger partial charge on any atom is -0.512 e. The average molecular weight is 671 g/mol. The fourth-order valence-corrected chi connectivity index (χ4v) is 3.22. The summed E-state index contributed by atoms with van der Waals surface area (Å²) in [6.45, 7) is 16.9. The molecular formula is C30H37FIrNO3-. The van der Waals surface area contributed by atoms with Gasteiger partial charge in [-0.1, -0.05) is 55.4 Å². The van der Waals surface area contributed by atoms with Crippen molar-refractivity contribution in [2.24, 2.45) is 10.8 Å². The molecule has 1 N–H and O–H groups in total. The van der Waals surface area contributed by atoms with Gasteiger partial charge in [-0.05, 0) is 30.7 Å². The molecule has 1 aromatic heterocycles. The minimum absolute atomic E-state index is 0. The zero-order valence-electron chi connectivity index (χ0n) is 22.9. The van der Waals surface area contributed by atoms with Crippen LogP contribution in [0.3, 0.4) is 0 Å². The number of aryl methyl sites for hydroxylation is 3. The Bertz CT molecular complexity index is 1250. The number of ether oxygens (including phenoxy) is 1. The van der Waals surface area contributed by atoms with Gasteiger partial charge in [0.05, 0.1) is 12.6 Å². The molecule has 0 atom stereocenters. The third-order valence-corrected chi connectivity index (χ3v) is 5.46. The van der Waals surface area contributed by atoms with Gasteiger partial charge in [0.25, 0.3) is 0 Å². The number of carbonyl (C=O) groups excluding carboxylic acids is 1. The van der Waals surface area contributed by atoms with Gasteiger partial charge in [0, 0.05) is 48.1 Å². The van der Waals surface area contributed by atoms with Gasteiger partial charge in [-0.3, -0.25) is 9.78 Å². The molecule has 0 aliphatic heterocycles. The van der Waals surface area contributed by atoms with E-state index < -0.39 is 5.41 Å². The number of methoxy groups -OCH3 is 1. The number of aromatic nitrogens is 1. The summed E-state index contributed by atoms with van der Waals surface area (Å²) in [5, 5.41) is 10.4. The average Bonchev–Trinajstić information content (AvgIpc) is 2.72. The fourth-order valence-electron chi connectivity index (χ4n) is 3.22. The van der Waals surface area contributed by atoms with Crippen LogP contribution in [-0.2, 0) is 24.9 Å². The summed E-state index contributed by atoms with van der Waals surface area (Å²) >= 11 is 0. The number of allylic oxidation sites excluding steroid dienone is 2. The second kappa shape index (κ2) is 12.1. The van der Waals surface area contributed by atoms with Crippen molar-refractivity contribution in [2.75, 3.05) is 7.11 Å². The van der Waals surface area contributed by atoms with Gasteiger partial charge in [0.15, 0.2) is 5.78 Å². The normalized spacial score (nSPS) is 11.9. The number of aliphatic hydroxyl groups excluding tert-OH is 1. The van der Waals surface area contributed by atoms with E-state index in [1.165, 1.54) is 12.1 Å². The summed E-state index contributed by atoms with van der Waals surface area (Å²) in [6, 6.07) is 12.5. The smallest absolute Gasteiger partial charge is 0.164 e. The quantitative estimate of drug-likeness (QED) is 0.175. The Morgan fingerprint density at radius 3 is 2.11 bits per heavy atom. The molecule has 4 nitrogen and oxygen atoms in total. The Kier molecular flexibility index (Phi) is 10.6. The third kappa shape index (κ3) is 8.25. The Morgan fingerprint density at radius 1 is 1.00 bits per heavy atom. The van der Waals surface area contributed by atoms with Crippen molar-refractivity contribution >= 4 is 16.7 Å². The van der Waals surface area contributed by atoms with Gasteiger partial charge in [0.1, 0.15) is 17.3 Å². The summed E-state index contributed by atoms with van der Waals surface area (Å²) in [5.74, 6) is 0.521. The molecule has 0 saturated heterocycles. The van der Waals surface area contributed by atoms with E-state index in [0.717, 1.165) is 22.1 Å². The van der Waals surface area contributed by atoms with Crippen LogP contribution in [0.5, 0.6) is 5.75 Å². The molecule has 3 rings (SSSR count). The first-order chi connectivity index (χ1) is 16.0. The first kappa shape index (κ1) is 31.5. The first-order valence-corrected chi connectivity index (χ1v) is 11.6. The molecule has 1 radical (unpaired) electrons. The molecule has 1 heterocycles. The number of benzene rings is 2. The van der Waals surface area contributed by atoms with Gasteiger partial charge in [-0.2, -0.15) is 0 Å². The zero-order chi connectivity index (χ0) is 26.7. The Balaban J connectivity index is 0.000000402. The van der Waals surface area contributed by atoms with Gasteiger partial charge < -0.3 is 9.84 Å². The number of halogens is 1. The second-order valence-corrected chi connectivity index (χ2v) is 11.0. The van der Waals surface area contributed by atoms with Crippen LogP contribution in [0.25, 0.3) is 22.2 Å². The first-order valence-electron chi connectivity index (χ1n) is 11.6. The maximum Gasteiger partial charge on any atom is 0.164 e. The molecular weight excluding hydrogens is 634 g/mol. The summed E-state index contributed by atoms with van der Waals surface area (Å²) in [6.07, 6.45) is 1.33. The summed E-state index contributed by atoms with van der Waals surface area (Å²) < 4.78 is 19.3. The number of hydrogen-bond acceptors (Lipinski definition) is 4. The number of ketones is 1. The van der Waals surface area contributed by atoms with E-state index in [-0.39, 0.29) is 42.9 Å². The number of carbonyl (C=O) groups is 1. The number of aliphatic hydroxyl groups is 1. The molecule has 6 heteroatoms. The van der Waals surface area contributed by atoms with Crippen molar-refractivity contribution in [3.05, 3.63) is 70.7 Å². The summed E-state index contributed by atoms with van der Waals surface area (Å²) in [5.41, 5.74) is 4.16. The summed E-state index contributed by atoms with van der Waals surface area (Å²) in [7, 11) is 1.62. The molecule has 0 spiro atoms. The standard InChI is InChI=1S/C19H17FNO.C11H20O2.Ir/c1-11-5-12(2)7-15(6-11)19-18(22-4)9-14-8-13(3)16(20)10-17(14)21-19;1-10(2,3)8(12)7-9(13)11(4,5)6;/h5-6,8-10H,1-4H3;7,12H,1-6H3;/q-1;;/b;8-7-;. The monoisotopic (exact) mass is 671 g/mol. The van der Waals surface area contributed by atoms with E-state index >= 15 is 0 Å². The van der Waals surface area contributed by atoms with Crippen LogP contribution in [0.1, 0.15) is 58.2 Å². The molecule has 3 aromatic rings. The Labute approximate surface area is 228 Å². The predicted molar refractivity (Wildman–Crippen MR) is 141 cm³/mol. The van der Waals surface area contributed by atoms with Gasteiger partial charge in [0.2, 0.25) is 0 Å². The molecule has 36 heavy (non-hydrogen) atoms. The SMILES string of the molecule is CC(C)(C)C(=O)/C=C(\O)C(C)(C)C.COc1cc2cc(C)c(F)cc2nc1-c1[c-]c(C)cc(C)c1.[Ir]. The van der Waals surface area contributed by atoms with Crippen LogP contribution in [0.2, 0.25) is 0 Å². The second-order valence-electron chi connectivity index (χ2n) is 11.0. The van der Waals surface area contributed by atoms with Crippen LogP contribution in [-0.4, -0.2) is 23.0 Å². The maximum atomic E-state index is 13.8. The van der Waals surface area contributed by atoms with Crippen LogP contribution < -0.4 is 4.74 Å². The largest absolute Gasteiger partial charge is 0.512 e. The van der Waals surface area contributed by atoms with E-state index in [4.69, 9.17) is 4.74 Å². The number of pyridine rings is 1. The third-order valence-electron chi connectivity index (χ3n) is 5.46.